The summed E-state index contributed by atoms with van der Waals surface area (Å²) >= 11 is 5.87. The Labute approximate surface area is 101 Å². The van der Waals surface area contributed by atoms with Crippen molar-refractivity contribution >= 4 is 17.4 Å². The Hall–Kier alpha value is -0.800. The minimum atomic E-state index is 0.637. The zero-order valence-corrected chi connectivity index (χ0v) is 10.2. The molecule has 2 fully saturated rings. The van der Waals surface area contributed by atoms with Crippen LogP contribution in [0.15, 0.2) is 18.3 Å². The molecule has 3 nitrogen and oxygen atoms in total. The van der Waals surface area contributed by atoms with E-state index in [0.29, 0.717) is 17.1 Å². The van der Waals surface area contributed by atoms with Gasteiger partial charge in [0.2, 0.25) is 0 Å². The predicted molar refractivity (Wildman–Crippen MR) is 66.0 cm³/mol. The molecule has 0 aromatic carbocycles. The van der Waals surface area contributed by atoms with Gasteiger partial charge < -0.3 is 9.80 Å². The molecule has 0 saturated carbocycles. The largest absolute Gasteiger partial charge is 0.348 e. The van der Waals surface area contributed by atoms with Gasteiger partial charge in [0.15, 0.2) is 0 Å². The lowest BCUT2D eigenvalue weighted by molar-refractivity contribution is 0.264. The van der Waals surface area contributed by atoms with Gasteiger partial charge in [0.05, 0.1) is 5.02 Å². The first-order chi connectivity index (χ1) is 7.74. The van der Waals surface area contributed by atoms with Crippen LogP contribution in [0.3, 0.4) is 0 Å². The minimum absolute atomic E-state index is 0.637. The summed E-state index contributed by atoms with van der Waals surface area (Å²) in [7, 11) is 2.21. The minimum Gasteiger partial charge on any atom is -0.348 e. The van der Waals surface area contributed by atoms with Crippen molar-refractivity contribution in [3.63, 3.8) is 0 Å². The predicted octanol–water partition coefficient (Wildman–Crippen LogP) is 2.02. The summed E-state index contributed by atoms with van der Waals surface area (Å²) in [6.07, 6.45) is 4.33. The van der Waals surface area contributed by atoms with Crippen molar-refractivity contribution in [1.82, 2.24) is 9.88 Å². The highest BCUT2D eigenvalue weighted by Gasteiger charge is 2.39. The topological polar surface area (TPSA) is 19.4 Å². The van der Waals surface area contributed by atoms with Gasteiger partial charge in [-0.05, 0) is 32.0 Å². The van der Waals surface area contributed by atoms with Gasteiger partial charge in [0.25, 0.3) is 0 Å². The van der Waals surface area contributed by atoms with Crippen molar-refractivity contribution in [3.8, 4) is 0 Å². The second-order valence-electron chi connectivity index (χ2n) is 4.85. The van der Waals surface area contributed by atoms with Crippen LogP contribution >= 0.6 is 11.6 Å². The van der Waals surface area contributed by atoms with Gasteiger partial charge in [-0.1, -0.05) is 11.6 Å². The van der Waals surface area contributed by atoms with E-state index >= 15 is 0 Å². The van der Waals surface area contributed by atoms with Crippen LogP contribution < -0.4 is 4.90 Å². The number of halogens is 1. The molecule has 0 unspecified atom stereocenters. The fourth-order valence-electron chi connectivity index (χ4n) is 3.01. The average molecular weight is 238 g/mol. The molecule has 2 aliphatic rings. The van der Waals surface area contributed by atoms with Crippen LogP contribution in [0, 0.1) is 0 Å². The number of hydrogen-bond donors (Lipinski definition) is 0. The van der Waals surface area contributed by atoms with Crippen LogP contribution in [0.5, 0.6) is 0 Å². The smallest absolute Gasteiger partial charge is 0.129 e. The van der Waals surface area contributed by atoms with E-state index < -0.39 is 0 Å². The van der Waals surface area contributed by atoms with E-state index in [2.05, 4.69) is 21.8 Å². The molecule has 0 N–H and O–H groups in total. The summed E-state index contributed by atoms with van der Waals surface area (Å²) < 4.78 is 0. The van der Waals surface area contributed by atoms with Crippen LogP contribution in [0.2, 0.25) is 5.02 Å². The third-order valence-corrected chi connectivity index (χ3v) is 3.86. The van der Waals surface area contributed by atoms with E-state index in [1.54, 1.807) is 6.20 Å². The lowest BCUT2D eigenvalue weighted by Gasteiger charge is -2.40. The van der Waals surface area contributed by atoms with Crippen molar-refractivity contribution in [2.45, 2.75) is 24.9 Å². The first-order valence-corrected chi connectivity index (χ1v) is 6.20. The zero-order chi connectivity index (χ0) is 11.1. The third kappa shape index (κ3) is 1.68. The molecule has 0 amide bonds. The van der Waals surface area contributed by atoms with Crippen LogP contribution in [-0.4, -0.2) is 42.1 Å². The number of likely N-dealkylation sites (N-methyl/N-ethyl adjacent to an activating group) is 1. The van der Waals surface area contributed by atoms with Gasteiger partial charge in [-0.3, -0.25) is 0 Å². The van der Waals surface area contributed by atoms with Crippen LogP contribution in [-0.2, 0) is 0 Å². The van der Waals surface area contributed by atoms with Gasteiger partial charge in [-0.2, -0.15) is 0 Å². The Morgan fingerprint density at radius 2 is 1.94 bits per heavy atom. The SMILES string of the molecule is CN1C[C@H]2CC[C@@H](C1)N2c1ccc(Cl)cn1. The summed E-state index contributed by atoms with van der Waals surface area (Å²) in [6, 6.07) is 5.25. The molecule has 0 spiro atoms. The third-order valence-electron chi connectivity index (χ3n) is 3.64. The Kier molecular flexibility index (Phi) is 2.52. The van der Waals surface area contributed by atoms with Crippen molar-refractivity contribution < 1.29 is 0 Å². The summed E-state index contributed by atoms with van der Waals surface area (Å²) in [4.78, 5) is 9.35. The van der Waals surface area contributed by atoms with E-state index in [4.69, 9.17) is 11.6 Å². The second-order valence-corrected chi connectivity index (χ2v) is 5.28. The number of pyridine rings is 1. The Morgan fingerprint density at radius 3 is 2.50 bits per heavy atom. The maximum atomic E-state index is 5.87. The number of nitrogens with zero attached hydrogens (tertiary/aromatic N) is 3. The second kappa shape index (κ2) is 3.90. The molecule has 0 radical (unpaired) electrons. The van der Waals surface area contributed by atoms with Crippen LogP contribution in [0.25, 0.3) is 0 Å². The average Bonchev–Trinajstić information content (AvgIpc) is 2.54. The molecule has 4 heteroatoms. The lowest BCUT2D eigenvalue weighted by Crippen LogP contribution is -2.52. The first kappa shape index (κ1) is 10.4. The van der Waals surface area contributed by atoms with E-state index in [1.165, 1.54) is 12.8 Å². The molecule has 2 atom stereocenters. The molecular formula is C12H16ClN3. The van der Waals surface area contributed by atoms with Gasteiger partial charge >= 0.3 is 0 Å². The normalized spacial score (nSPS) is 29.8. The molecule has 86 valence electrons. The molecule has 0 aliphatic carbocycles. The number of piperazine rings is 1. The molecule has 3 heterocycles. The molecule has 16 heavy (non-hydrogen) atoms. The monoisotopic (exact) mass is 237 g/mol. The number of aromatic nitrogens is 1. The molecule has 1 aromatic heterocycles. The van der Waals surface area contributed by atoms with Gasteiger partial charge in [0.1, 0.15) is 5.82 Å². The summed E-state index contributed by atoms with van der Waals surface area (Å²) in [5.41, 5.74) is 0. The molecule has 1 aromatic rings. The van der Waals surface area contributed by atoms with Gasteiger partial charge in [-0.15, -0.1) is 0 Å². The van der Waals surface area contributed by atoms with Crippen molar-refractivity contribution in [2.24, 2.45) is 0 Å². The van der Waals surface area contributed by atoms with Crippen LogP contribution in [0.4, 0.5) is 5.82 Å². The molecule has 2 saturated heterocycles. The van der Waals surface area contributed by atoms with E-state index in [1.807, 2.05) is 12.1 Å². The molecule has 3 rings (SSSR count). The molecule has 2 bridgehead atoms. The number of rotatable bonds is 1. The van der Waals surface area contributed by atoms with Crippen molar-refractivity contribution in [1.29, 1.82) is 0 Å². The number of fused-ring (bicyclic) bond motifs is 2. The Morgan fingerprint density at radius 1 is 1.25 bits per heavy atom. The maximum absolute atomic E-state index is 5.87. The molecule has 2 aliphatic heterocycles. The molecular weight excluding hydrogens is 222 g/mol. The highest BCUT2D eigenvalue weighted by atomic mass is 35.5. The van der Waals surface area contributed by atoms with Crippen LogP contribution in [0.1, 0.15) is 12.8 Å². The van der Waals surface area contributed by atoms with E-state index in [9.17, 15) is 0 Å². The summed E-state index contributed by atoms with van der Waals surface area (Å²) in [5.74, 6) is 1.09. The van der Waals surface area contributed by atoms with Crippen molar-refractivity contribution in [3.05, 3.63) is 23.4 Å². The number of anilines is 1. The first-order valence-electron chi connectivity index (χ1n) is 5.82. The Balaban J connectivity index is 1.88. The quantitative estimate of drug-likeness (QED) is 0.745. The van der Waals surface area contributed by atoms with Gasteiger partial charge in [-0.25, -0.2) is 4.98 Å². The van der Waals surface area contributed by atoms with Gasteiger partial charge in [0, 0.05) is 31.4 Å². The van der Waals surface area contributed by atoms with E-state index in [-0.39, 0.29) is 0 Å². The number of hydrogen-bond acceptors (Lipinski definition) is 3. The lowest BCUT2D eigenvalue weighted by atomic mass is 10.2. The standard InChI is InChI=1S/C12H16ClN3/c1-15-7-10-3-4-11(8-15)16(10)12-5-2-9(13)6-14-12/h2,5-6,10-11H,3-4,7-8H2,1H3/t10-,11+. The highest BCUT2D eigenvalue weighted by molar-refractivity contribution is 6.30. The summed E-state index contributed by atoms with van der Waals surface area (Å²) in [6.45, 7) is 2.31. The number of likely N-dealkylation sites (tertiary alicyclic amines) is 1. The maximum Gasteiger partial charge on any atom is 0.129 e. The van der Waals surface area contributed by atoms with Crippen molar-refractivity contribution in [2.75, 3.05) is 25.0 Å². The van der Waals surface area contributed by atoms with E-state index in [0.717, 1.165) is 18.9 Å². The highest BCUT2D eigenvalue weighted by Crippen LogP contribution is 2.33. The fraction of sp³-hybridized carbons (Fsp3) is 0.583. The fourth-order valence-corrected chi connectivity index (χ4v) is 3.12. The zero-order valence-electron chi connectivity index (χ0n) is 9.43. The summed E-state index contributed by atoms with van der Waals surface area (Å²) in [5, 5.41) is 0.713. The Bertz CT molecular complexity index is 364.